The average molecular weight is 930 g/mol. The quantitative estimate of drug-likeness (QED) is 0.0529. The molecule has 0 amide bonds. The maximum absolute atomic E-state index is 4.43. The van der Waals surface area contributed by atoms with Gasteiger partial charge in [-0.05, 0) is 117 Å². The summed E-state index contributed by atoms with van der Waals surface area (Å²) in [7, 11) is 25.0. The topological polar surface area (TPSA) is 0 Å². The summed E-state index contributed by atoms with van der Waals surface area (Å²) < 4.78 is 1.29. The van der Waals surface area contributed by atoms with Crippen LogP contribution in [0.1, 0.15) is 38.5 Å². The van der Waals surface area contributed by atoms with Gasteiger partial charge in [-0.15, -0.1) is 37.9 Å². The minimum absolute atomic E-state index is 0.429. The monoisotopic (exact) mass is 928 g/mol. The van der Waals surface area contributed by atoms with E-state index in [1.165, 1.54) is 87.7 Å². The molecule has 4 aliphatic carbocycles. The van der Waals surface area contributed by atoms with Gasteiger partial charge in [0.2, 0.25) is 0 Å². The Labute approximate surface area is 358 Å². The van der Waals surface area contributed by atoms with E-state index in [2.05, 4.69) is 175 Å². The molecule has 0 N–H and O–H groups in total. The Morgan fingerprint density at radius 1 is 0.408 bits per heavy atom. The fourth-order valence-corrected chi connectivity index (χ4v) is 26.0. The second-order valence-electron chi connectivity index (χ2n) is 12.5. The Balaban J connectivity index is 0.990. The molecule has 0 heterocycles. The highest BCUT2D eigenvalue weighted by Gasteiger charge is 2.64. The fraction of sp³-hybridized carbons (Fsp3) is 0.471. The van der Waals surface area contributed by atoms with Crippen molar-refractivity contribution in [1.29, 1.82) is 0 Å². The molecule has 4 bridgehead atoms. The number of rotatable bonds is 21. The SMILES string of the molecule is Sc1ccc(SSCCSSC23CC4CC(SSCCSSc5ccc(S)cc5)(C2)CC(SSCCSSc2ccc(S)cc2)(C4)C3)cc1. The van der Waals surface area contributed by atoms with Crippen molar-refractivity contribution < 1.29 is 0 Å². The van der Waals surface area contributed by atoms with Crippen LogP contribution in [-0.2, 0) is 0 Å². The summed E-state index contributed by atoms with van der Waals surface area (Å²) in [5.74, 6) is 8.04. The van der Waals surface area contributed by atoms with E-state index in [9.17, 15) is 0 Å². The molecule has 3 aromatic carbocycles. The summed E-state index contributed by atoms with van der Waals surface area (Å²) in [4.78, 5) is 7.06. The molecule has 0 aliphatic heterocycles. The second kappa shape index (κ2) is 20.9. The van der Waals surface area contributed by atoms with Crippen molar-refractivity contribution in [2.24, 2.45) is 5.92 Å². The number of thiol groups is 3. The predicted octanol–water partition coefficient (Wildman–Crippen LogP) is 15.5. The van der Waals surface area contributed by atoms with Gasteiger partial charge < -0.3 is 0 Å². The molecule has 0 unspecified atom stereocenters. The summed E-state index contributed by atoms with van der Waals surface area (Å²) in [6, 6.07) is 25.6. The fourth-order valence-electron chi connectivity index (χ4n) is 6.99. The van der Waals surface area contributed by atoms with E-state index in [0.717, 1.165) is 20.6 Å². The number of hydrogen-bond donors (Lipinski definition) is 3. The maximum Gasteiger partial charge on any atom is 0.0293 e. The van der Waals surface area contributed by atoms with Crippen molar-refractivity contribution in [1.82, 2.24) is 0 Å². The molecular formula is C34H40S15. The molecule has 4 fully saturated rings. The molecule has 49 heavy (non-hydrogen) atoms. The molecule has 0 radical (unpaired) electrons. The van der Waals surface area contributed by atoms with Gasteiger partial charge in [-0.2, -0.15) is 0 Å². The second-order valence-corrected chi connectivity index (χ2v) is 30.1. The molecule has 4 saturated carbocycles. The van der Waals surface area contributed by atoms with Crippen molar-refractivity contribution in [3.05, 3.63) is 72.8 Å². The minimum Gasteiger partial charge on any atom is -0.143 e. The summed E-state index contributed by atoms with van der Waals surface area (Å²) in [5, 5.41) is 0. The van der Waals surface area contributed by atoms with E-state index in [-0.39, 0.29) is 0 Å². The average Bonchev–Trinajstić information content (AvgIpc) is 3.08. The van der Waals surface area contributed by atoms with E-state index in [1.54, 1.807) is 0 Å². The van der Waals surface area contributed by atoms with Crippen molar-refractivity contribution in [2.45, 2.75) is 82.1 Å². The standard InChI is InChI=1S/C34H40S15/c35-26-1-7-29(8-2-26)44-38-13-16-41-47-32-19-25-20-33(22-32,48-42-17-14-39-45-30-9-3-27(36)4-10-30)24-34(21-25,23-32)49-43-18-15-40-46-31-11-5-28(37)6-12-31/h1-12,25,35-37H,13-24H2. The van der Waals surface area contributed by atoms with Gasteiger partial charge in [0.25, 0.3) is 0 Å². The van der Waals surface area contributed by atoms with Crippen LogP contribution in [0.5, 0.6) is 0 Å². The van der Waals surface area contributed by atoms with Crippen molar-refractivity contribution in [2.75, 3.05) is 34.5 Å². The van der Waals surface area contributed by atoms with E-state index in [0.29, 0.717) is 14.2 Å². The summed E-state index contributed by atoms with van der Waals surface area (Å²) in [5.41, 5.74) is 0. The first-order valence-electron chi connectivity index (χ1n) is 16.0. The van der Waals surface area contributed by atoms with E-state index < -0.39 is 0 Å². The zero-order chi connectivity index (χ0) is 34.0. The lowest BCUT2D eigenvalue weighted by Crippen LogP contribution is -2.62. The van der Waals surface area contributed by atoms with Gasteiger partial charge in [-0.1, -0.05) is 130 Å². The van der Waals surface area contributed by atoms with Crippen LogP contribution in [0.25, 0.3) is 0 Å². The maximum atomic E-state index is 4.43. The van der Waals surface area contributed by atoms with Crippen LogP contribution in [0.2, 0.25) is 0 Å². The largest absolute Gasteiger partial charge is 0.143 e. The van der Waals surface area contributed by atoms with Gasteiger partial charge in [-0.25, -0.2) is 0 Å². The highest BCUT2D eigenvalue weighted by Crippen LogP contribution is 2.73. The van der Waals surface area contributed by atoms with Crippen LogP contribution in [-0.4, -0.2) is 48.8 Å². The van der Waals surface area contributed by atoms with Gasteiger partial charge in [0, 0.05) is 78.1 Å². The first-order valence-corrected chi connectivity index (χ1v) is 31.3. The molecular weight excluding hydrogens is 889 g/mol. The normalized spacial score (nSPS) is 25.7. The van der Waals surface area contributed by atoms with Gasteiger partial charge in [0.1, 0.15) is 0 Å². The third kappa shape index (κ3) is 13.2. The Kier molecular flexibility index (Phi) is 17.7. The van der Waals surface area contributed by atoms with Gasteiger partial charge in [0.15, 0.2) is 0 Å². The summed E-state index contributed by atoms with van der Waals surface area (Å²) in [6.07, 6.45) is 8.47. The van der Waals surface area contributed by atoms with Crippen molar-refractivity contribution in [3.63, 3.8) is 0 Å². The smallest absolute Gasteiger partial charge is 0.0293 e. The third-order valence-corrected chi connectivity index (χ3v) is 26.8. The first-order chi connectivity index (χ1) is 23.8. The Bertz CT molecular complexity index is 1250. The number of hydrogen-bond acceptors (Lipinski definition) is 15. The molecule has 0 aromatic heterocycles. The molecule has 7 rings (SSSR count). The molecule has 0 atom stereocenters. The summed E-state index contributed by atoms with van der Waals surface area (Å²) >= 11 is 13.3. The van der Waals surface area contributed by atoms with E-state index in [4.69, 9.17) is 0 Å². The van der Waals surface area contributed by atoms with Crippen LogP contribution in [0.15, 0.2) is 102 Å². The van der Waals surface area contributed by atoms with Crippen LogP contribution in [0, 0.1) is 5.92 Å². The van der Waals surface area contributed by atoms with Crippen LogP contribution >= 0.6 is 167 Å². The van der Waals surface area contributed by atoms with Gasteiger partial charge in [-0.3, -0.25) is 0 Å². The third-order valence-electron chi connectivity index (χ3n) is 8.35. The zero-order valence-electron chi connectivity index (χ0n) is 26.7. The lowest BCUT2D eigenvalue weighted by atomic mass is 9.55. The molecule has 0 nitrogen and oxygen atoms in total. The molecule has 0 spiro atoms. The molecule has 15 heteroatoms. The minimum atomic E-state index is 0.429. The van der Waals surface area contributed by atoms with Gasteiger partial charge in [0.05, 0.1) is 0 Å². The number of benzene rings is 3. The highest BCUT2D eigenvalue weighted by atomic mass is 33.1. The zero-order valence-corrected chi connectivity index (χ0v) is 39.2. The lowest BCUT2D eigenvalue weighted by molar-refractivity contribution is 0.0794. The highest BCUT2D eigenvalue weighted by molar-refractivity contribution is 8.80. The molecule has 0 saturated heterocycles. The predicted molar refractivity (Wildman–Crippen MR) is 256 cm³/mol. The van der Waals surface area contributed by atoms with Crippen LogP contribution in [0.3, 0.4) is 0 Å². The summed E-state index contributed by atoms with van der Waals surface area (Å²) in [6.45, 7) is 0. The molecule has 266 valence electrons. The Morgan fingerprint density at radius 2 is 0.673 bits per heavy atom. The van der Waals surface area contributed by atoms with E-state index in [1.807, 2.05) is 64.8 Å². The lowest BCUT2D eigenvalue weighted by Gasteiger charge is -2.65. The van der Waals surface area contributed by atoms with Gasteiger partial charge >= 0.3 is 0 Å². The van der Waals surface area contributed by atoms with Crippen molar-refractivity contribution in [3.8, 4) is 0 Å². The van der Waals surface area contributed by atoms with E-state index >= 15 is 0 Å². The van der Waals surface area contributed by atoms with Crippen LogP contribution in [0.4, 0.5) is 0 Å². The van der Waals surface area contributed by atoms with Crippen LogP contribution < -0.4 is 0 Å². The first kappa shape index (κ1) is 41.5. The molecule has 3 aromatic rings. The Morgan fingerprint density at radius 3 is 0.959 bits per heavy atom. The Hall–Kier alpha value is 2.91. The van der Waals surface area contributed by atoms with Crippen molar-refractivity contribution >= 4 is 167 Å². The molecule has 4 aliphatic rings.